The molecule has 96 valence electrons. The lowest BCUT2D eigenvalue weighted by molar-refractivity contribution is 0.265. The minimum absolute atomic E-state index is 0. The Hall–Kier alpha value is -0.0400. The van der Waals surface area contributed by atoms with E-state index in [1.165, 1.54) is 19.5 Å². The molecular weight excluding hydrogens is 315 g/mol. The summed E-state index contributed by atoms with van der Waals surface area (Å²) in [5.74, 6) is 1.65. The monoisotopic (exact) mass is 340 g/mol. The van der Waals surface area contributed by atoms with Gasteiger partial charge >= 0.3 is 0 Å². The maximum atomic E-state index is 4.10. The Kier molecular flexibility index (Phi) is 8.09. The van der Waals surface area contributed by atoms with E-state index < -0.39 is 0 Å². The van der Waals surface area contributed by atoms with Gasteiger partial charge in [0, 0.05) is 33.2 Å². The van der Waals surface area contributed by atoms with Crippen LogP contribution in [0, 0.1) is 5.92 Å². The summed E-state index contributed by atoms with van der Waals surface area (Å²) >= 11 is 0. The Labute approximate surface area is 116 Å². The van der Waals surface area contributed by atoms with Gasteiger partial charge in [-0.1, -0.05) is 0 Å². The van der Waals surface area contributed by atoms with Crippen LogP contribution in [0.1, 0.15) is 20.3 Å². The average Bonchev–Trinajstić information content (AvgIpc) is 2.68. The Bertz CT molecular complexity index is 218. The topological polar surface area (TPSA) is 39.7 Å². The highest BCUT2D eigenvalue weighted by Gasteiger charge is 2.23. The summed E-state index contributed by atoms with van der Waals surface area (Å²) in [7, 11) is 3.69. The fourth-order valence-electron chi connectivity index (χ4n) is 2.02. The molecule has 16 heavy (non-hydrogen) atoms. The van der Waals surface area contributed by atoms with E-state index in [4.69, 9.17) is 0 Å². The molecule has 0 saturated carbocycles. The lowest BCUT2D eigenvalue weighted by atomic mass is 10.1. The first-order valence-electron chi connectivity index (χ1n) is 5.79. The summed E-state index contributed by atoms with van der Waals surface area (Å²) in [6.45, 7) is 8.01. The van der Waals surface area contributed by atoms with Gasteiger partial charge in [0.25, 0.3) is 0 Å². The van der Waals surface area contributed by atoms with Crippen molar-refractivity contribution >= 4 is 29.9 Å². The summed E-state index contributed by atoms with van der Waals surface area (Å²) < 4.78 is 0. The number of rotatable bonds is 3. The van der Waals surface area contributed by atoms with Crippen molar-refractivity contribution in [1.82, 2.24) is 15.5 Å². The first-order valence-corrected chi connectivity index (χ1v) is 5.79. The molecule has 0 radical (unpaired) electrons. The van der Waals surface area contributed by atoms with Gasteiger partial charge in [-0.3, -0.25) is 4.99 Å². The molecule has 1 fully saturated rings. The van der Waals surface area contributed by atoms with E-state index in [9.17, 15) is 0 Å². The zero-order valence-corrected chi connectivity index (χ0v) is 13.1. The zero-order valence-electron chi connectivity index (χ0n) is 10.8. The maximum absolute atomic E-state index is 4.10. The molecule has 0 amide bonds. The molecule has 1 saturated heterocycles. The normalized spacial score (nSPS) is 22.1. The van der Waals surface area contributed by atoms with Crippen molar-refractivity contribution in [3.05, 3.63) is 0 Å². The van der Waals surface area contributed by atoms with Gasteiger partial charge in [0.15, 0.2) is 5.96 Å². The van der Waals surface area contributed by atoms with E-state index in [0.717, 1.165) is 18.4 Å². The fourth-order valence-corrected chi connectivity index (χ4v) is 2.02. The van der Waals surface area contributed by atoms with Gasteiger partial charge in [0.1, 0.15) is 0 Å². The molecule has 4 nitrogen and oxygen atoms in total. The average molecular weight is 340 g/mol. The molecule has 1 heterocycles. The van der Waals surface area contributed by atoms with E-state index in [-0.39, 0.29) is 24.0 Å². The molecule has 0 aliphatic carbocycles. The van der Waals surface area contributed by atoms with Crippen molar-refractivity contribution in [2.45, 2.75) is 26.3 Å². The third kappa shape index (κ3) is 4.86. The fraction of sp³-hybridized carbons (Fsp3) is 0.909. The molecule has 0 aromatic heterocycles. The second-order valence-corrected chi connectivity index (χ2v) is 4.45. The van der Waals surface area contributed by atoms with Crippen LogP contribution < -0.4 is 10.6 Å². The molecular formula is C11H25IN4. The number of aliphatic imine (C=N–C) groups is 1. The van der Waals surface area contributed by atoms with E-state index in [1.807, 2.05) is 7.05 Å². The third-order valence-electron chi connectivity index (χ3n) is 3.07. The minimum Gasteiger partial charge on any atom is -0.359 e. The second-order valence-electron chi connectivity index (χ2n) is 4.45. The van der Waals surface area contributed by atoms with Gasteiger partial charge in [-0.25, -0.2) is 0 Å². The number of hydrogen-bond donors (Lipinski definition) is 2. The van der Waals surface area contributed by atoms with Gasteiger partial charge in [-0.15, -0.1) is 24.0 Å². The van der Waals surface area contributed by atoms with Gasteiger partial charge in [-0.2, -0.15) is 0 Å². The van der Waals surface area contributed by atoms with Crippen molar-refractivity contribution in [3.63, 3.8) is 0 Å². The number of guanidine groups is 1. The summed E-state index contributed by atoms with van der Waals surface area (Å²) in [5, 5.41) is 6.37. The highest BCUT2D eigenvalue weighted by Crippen LogP contribution is 2.17. The van der Waals surface area contributed by atoms with Crippen molar-refractivity contribution in [1.29, 1.82) is 0 Å². The number of nitrogens with one attached hydrogen (secondary N) is 2. The van der Waals surface area contributed by atoms with Crippen LogP contribution in [0.4, 0.5) is 0 Å². The predicted molar refractivity (Wildman–Crippen MR) is 80.7 cm³/mol. The van der Waals surface area contributed by atoms with Crippen LogP contribution in [0.5, 0.6) is 0 Å². The van der Waals surface area contributed by atoms with Crippen molar-refractivity contribution in [2.24, 2.45) is 10.9 Å². The Morgan fingerprint density at radius 3 is 2.62 bits per heavy atom. The van der Waals surface area contributed by atoms with E-state index in [0.29, 0.717) is 6.04 Å². The molecule has 0 bridgehead atoms. The lowest BCUT2D eigenvalue weighted by Gasteiger charge is -2.20. The second kappa shape index (κ2) is 8.11. The van der Waals surface area contributed by atoms with E-state index in [2.05, 4.69) is 34.4 Å². The molecule has 0 aromatic rings. The van der Waals surface area contributed by atoms with Crippen molar-refractivity contribution in [3.8, 4) is 0 Å². The lowest BCUT2D eigenvalue weighted by Crippen LogP contribution is -2.38. The van der Waals surface area contributed by atoms with Crippen LogP contribution in [-0.2, 0) is 0 Å². The zero-order chi connectivity index (χ0) is 11.3. The van der Waals surface area contributed by atoms with Gasteiger partial charge in [0.2, 0.25) is 0 Å². The van der Waals surface area contributed by atoms with Gasteiger partial charge in [-0.05, 0) is 32.7 Å². The molecule has 1 rings (SSSR count). The highest BCUT2D eigenvalue weighted by atomic mass is 127. The molecule has 0 aromatic carbocycles. The first-order chi connectivity index (χ1) is 7.17. The minimum atomic E-state index is 0. The largest absolute Gasteiger partial charge is 0.359 e. The van der Waals surface area contributed by atoms with Crippen molar-refractivity contribution in [2.75, 3.05) is 33.7 Å². The molecule has 1 atom stereocenters. The Balaban J connectivity index is 0.00000225. The van der Waals surface area contributed by atoms with Crippen LogP contribution in [0.15, 0.2) is 4.99 Å². The summed E-state index contributed by atoms with van der Waals surface area (Å²) in [5.41, 5.74) is 0. The standard InChI is InChI=1S/C11H24N4.HI/c1-9(2)15-6-5-10(8-15)7-14-11(12-3)13-4;/h9-10H,5-8H2,1-4H3,(H2,12,13,14);1H. The number of likely N-dealkylation sites (tertiary alicyclic amines) is 1. The van der Waals surface area contributed by atoms with Gasteiger partial charge < -0.3 is 15.5 Å². The van der Waals surface area contributed by atoms with Crippen molar-refractivity contribution < 1.29 is 0 Å². The van der Waals surface area contributed by atoms with Crippen LogP contribution in [-0.4, -0.2) is 50.6 Å². The van der Waals surface area contributed by atoms with E-state index in [1.54, 1.807) is 7.05 Å². The quantitative estimate of drug-likeness (QED) is 0.460. The number of hydrogen-bond acceptors (Lipinski definition) is 2. The van der Waals surface area contributed by atoms with Crippen LogP contribution >= 0.6 is 24.0 Å². The molecule has 5 heteroatoms. The molecule has 0 spiro atoms. The first kappa shape index (κ1) is 16.0. The SMILES string of the molecule is CN=C(NC)NCC1CCN(C(C)C)C1.I. The maximum Gasteiger partial charge on any atom is 0.190 e. The summed E-state index contributed by atoms with van der Waals surface area (Å²) in [6.07, 6.45) is 1.30. The molecule has 1 aliphatic heterocycles. The van der Waals surface area contributed by atoms with E-state index >= 15 is 0 Å². The molecule has 1 unspecified atom stereocenters. The predicted octanol–water partition coefficient (Wildman–Crippen LogP) is 1.13. The summed E-state index contributed by atoms with van der Waals surface area (Å²) in [6, 6.07) is 0.679. The van der Waals surface area contributed by atoms with Gasteiger partial charge in [0.05, 0.1) is 0 Å². The number of halogens is 1. The Morgan fingerprint density at radius 2 is 2.19 bits per heavy atom. The molecule has 1 aliphatic rings. The summed E-state index contributed by atoms with van der Waals surface area (Å²) in [4.78, 5) is 6.64. The van der Waals surface area contributed by atoms with Crippen LogP contribution in [0.2, 0.25) is 0 Å². The van der Waals surface area contributed by atoms with Crippen LogP contribution in [0.3, 0.4) is 0 Å². The Morgan fingerprint density at radius 1 is 1.50 bits per heavy atom. The highest BCUT2D eigenvalue weighted by molar-refractivity contribution is 14.0. The van der Waals surface area contributed by atoms with Crippen LogP contribution in [0.25, 0.3) is 0 Å². The third-order valence-corrected chi connectivity index (χ3v) is 3.07. The smallest absolute Gasteiger partial charge is 0.190 e. The number of nitrogens with zero attached hydrogens (tertiary/aromatic N) is 2. The molecule has 2 N–H and O–H groups in total.